The minimum atomic E-state index is -0.561. The second-order valence-electron chi connectivity index (χ2n) is 6.81. The van der Waals surface area contributed by atoms with Gasteiger partial charge >= 0.3 is 5.97 Å². The zero-order valence-corrected chi connectivity index (χ0v) is 13.9. The Kier molecular flexibility index (Phi) is 4.63. The van der Waals surface area contributed by atoms with Gasteiger partial charge in [-0.25, -0.2) is 4.79 Å². The molecule has 0 bridgehead atoms. The Morgan fingerprint density at radius 3 is 2.64 bits per heavy atom. The van der Waals surface area contributed by atoms with Gasteiger partial charge in [0, 0.05) is 18.9 Å². The van der Waals surface area contributed by atoms with Crippen LogP contribution in [0.4, 0.5) is 0 Å². The summed E-state index contributed by atoms with van der Waals surface area (Å²) in [4.78, 5) is 26.3. The van der Waals surface area contributed by atoms with Crippen molar-refractivity contribution in [2.24, 2.45) is 21.4 Å². The fourth-order valence-electron chi connectivity index (χ4n) is 2.84. The van der Waals surface area contributed by atoms with Crippen LogP contribution in [-0.4, -0.2) is 46.7 Å². The molecule has 1 fully saturated rings. The van der Waals surface area contributed by atoms with Gasteiger partial charge in [0.2, 0.25) is 5.91 Å². The van der Waals surface area contributed by atoms with Gasteiger partial charge in [0.15, 0.2) is 0 Å². The molecule has 0 aromatic heterocycles. The summed E-state index contributed by atoms with van der Waals surface area (Å²) in [6.07, 6.45) is 0.887. The number of nitrogens with zero attached hydrogens (tertiary/aromatic N) is 4. The minimum absolute atomic E-state index is 0.0195. The zero-order valence-electron chi connectivity index (χ0n) is 13.9. The van der Waals surface area contributed by atoms with Gasteiger partial charge in [-0.1, -0.05) is 6.92 Å². The normalized spacial score (nSPS) is 26.3. The second kappa shape index (κ2) is 6.14. The molecular weight excluding hydrogens is 284 g/mol. The molecule has 122 valence electrons. The first-order valence-corrected chi connectivity index (χ1v) is 7.73. The maximum absolute atomic E-state index is 12.3. The van der Waals surface area contributed by atoms with Crippen molar-refractivity contribution in [2.45, 2.75) is 65.1 Å². The average molecular weight is 308 g/mol. The van der Waals surface area contributed by atoms with E-state index in [0.29, 0.717) is 19.4 Å². The van der Waals surface area contributed by atoms with Gasteiger partial charge in [0.05, 0.1) is 5.71 Å². The summed E-state index contributed by atoms with van der Waals surface area (Å²) >= 11 is 0. The van der Waals surface area contributed by atoms with E-state index in [2.05, 4.69) is 15.4 Å². The molecule has 3 atom stereocenters. The summed E-state index contributed by atoms with van der Waals surface area (Å²) < 4.78 is 5.43. The van der Waals surface area contributed by atoms with Crippen LogP contribution in [0.15, 0.2) is 15.4 Å². The highest BCUT2D eigenvalue weighted by atomic mass is 16.6. The van der Waals surface area contributed by atoms with Gasteiger partial charge in [-0.2, -0.15) is 5.11 Å². The van der Waals surface area contributed by atoms with Crippen molar-refractivity contribution < 1.29 is 14.3 Å². The average Bonchev–Trinajstić information content (AvgIpc) is 2.95. The first-order chi connectivity index (χ1) is 10.2. The number of amides is 1. The molecule has 3 unspecified atom stereocenters. The highest BCUT2D eigenvalue weighted by Crippen LogP contribution is 2.27. The lowest BCUT2D eigenvalue weighted by atomic mass is 9.98. The monoisotopic (exact) mass is 308 g/mol. The molecule has 0 spiro atoms. The van der Waals surface area contributed by atoms with E-state index in [1.54, 1.807) is 4.90 Å². The summed E-state index contributed by atoms with van der Waals surface area (Å²) in [5.74, 6) is -0.404. The molecule has 0 N–H and O–H groups in total. The van der Waals surface area contributed by atoms with Crippen LogP contribution in [0.3, 0.4) is 0 Å². The maximum atomic E-state index is 12.3. The van der Waals surface area contributed by atoms with E-state index in [1.807, 2.05) is 34.6 Å². The molecule has 0 aromatic rings. The van der Waals surface area contributed by atoms with E-state index < -0.39 is 11.6 Å². The molecule has 22 heavy (non-hydrogen) atoms. The summed E-state index contributed by atoms with van der Waals surface area (Å²) in [7, 11) is 0. The third kappa shape index (κ3) is 3.51. The molecule has 2 aliphatic rings. The quantitative estimate of drug-likeness (QED) is 0.746. The standard InChI is InChI=1S/C15H24N4O3/c1-6-11(14(21)22-15(3,4)5)19-8-10(7-12(19)20)13-9(2)16-18-17-13/h9-11H,6-8H2,1-5H3. The number of rotatable bonds is 4. The fourth-order valence-corrected chi connectivity index (χ4v) is 2.84. The lowest BCUT2D eigenvalue weighted by molar-refractivity contribution is -0.163. The minimum Gasteiger partial charge on any atom is -0.458 e. The topological polar surface area (TPSA) is 83.7 Å². The zero-order chi connectivity index (χ0) is 16.5. The van der Waals surface area contributed by atoms with E-state index in [-0.39, 0.29) is 23.8 Å². The molecular formula is C15H24N4O3. The molecule has 0 aliphatic carbocycles. The van der Waals surface area contributed by atoms with Crippen molar-refractivity contribution in [2.75, 3.05) is 6.54 Å². The lowest BCUT2D eigenvalue weighted by Crippen LogP contribution is -2.45. The van der Waals surface area contributed by atoms with Gasteiger partial charge in [0.1, 0.15) is 17.7 Å². The largest absolute Gasteiger partial charge is 0.458 e. The maximum Gasteiger partial charge on any atom is 0.329 e. The molecule has 7 nitrogen and oxygen atoms in total. The van der Waals surface area contributed by atoms with Gasteiger partial charge in [-0.05, 0) is 39.3 Å². The third-order valence-corrected chi connectivity index (χ3v) is 3.83. The third-order valence-electron chi connectivity index (χ3n) is 3.83. The van der Waals surface area contributed by atoms with Crippen LogP contribution in [0.5, 0.6) is 0 Å². The van der Waals surface area contributed by atoms with Crippen LogP contribution in [0.2, 0.25) is 0 Å². The van der Waals surface area contributed by atoms with E-state index in [9.17, 15) is 9.59 Å². The molecule has 2 heterocycles. The van der Waals surface area contributed by atoms with Crippen molar-refractivity contribution >= 4 is 17.6 Å². The Balaban J connectivity index is 2.07. The van der Waals surface area contributed by atoms with E-state index in [4.69, 9.17) is 4.74 Å². The molecule has 0 aromatic carbocycles. The highest BCUT2D eigenvalue weighted by Gasteiger charge is 2.41. The highest BCUT2D eigenvalue weighted by molar-refractivity contribution is 5.98. The predicted octanol–water partition coefficient (Wildman–Crippen LogP) is 2.17. The Morgan fingerprint density at radius 2 is 2.14 bits per heavy atom. The predicted molar refractivity (Wildman–Crippen MR) is 81.5 cm³/mol. The smallest absolute Gasteiger partial charge is 0.329 e. The number of esters is 1. The number of carbonyl (C=O) groups is 2. The number of hydrogen-bond acceptors (Lipinski definition) is 6. The summed E-state index contributed by atoms with van der Waals surface area (Å²) in [6, 6.07) is -0.623. The summed E-state index contributed by atoms with van der Waals surface area (Å²) in [5.41, 5.74) is 0.268. The molecule has 7 heteroatoms. The number of ether oxygens (including phenoxy) is 1. The number of carbonyl (C=O) groups excluding carboxylic acids is 2. The van der Waals surface area contributed by atoms with Crippen LogP contribution in [-0.2, 0) is 14.3 Å². The molecule has 1 saturated heterocycles. The molecule has 0 saturated carbocycles. The van der Waals surface area contributed by atoms with Crippen LogP contribution in [0.25, 0.3) is 0 Å². The van der Waals surface area contributed by atoms with Crippen LogP contribution in [0, 0.1) is 5.92 Å². The van der Waals surface area contributed by atoms with E-state index >= 15 is 0 Å². The summed E-state index contributed by atoms with van der Waals surface area (Å²) in [5, 5.41) is 11.7. The van der Waals surface area contributed by atoms with E-state index in [0.717, 1.165) is 5.71 Å². The van der Waals surface area contributed by atoms with Crippen LogP contribution in [0.1, 0.15) is 47.5 Å². The van der Waals surface area contributed by atoms with Gasteiger partial charge in [0.25, 0.3) is 0 Å². The van der Waals surface area contributed by atoms with Crippen molar-refractivity contribution in [1.82, 2.24) is 4.90 Å². The Bertz CT molecular complexity index is 521. The Hall–Kier alpha value is -1.79. The molecule has 0 radical (unpaired) electrons. The SMILES string of the molecule is CCC(C(=O)OC(C)(C)C)N1CC(C2=NN=NC2C)CC1=O. The summed E-state index contributed by atoms with van der Waals surface area (Å²) in [6.45, 7) is 9.74. The first-order valence-electron chi connectivity index (χ1n) is 7.73. The van der Waals surface area contributed by atoms with Crippen molar-refractivity contribution in [3.05, 3.63) is 0 Å². The number of hydrogen-bond donors (Lipinski definition) is 0. The van der Waals surface area contributed by atoms with E-state index in [1.165, 1.54) is 0 Å². The van der Waals surface area contributed by atoms with Crippen molar-refractivity contribution in [3.8, 4) is 0 Å². The molecule has 2 rings (SSSR count). The van der Waals surface area contributed by atoms with Crippen LogP contribution < -0.4 is 0 Å². The van der Waals surface area contributed by atoms with Gasteiger partial charge in [-0.15, -0.1) is 5.10 Å². The van der Waals surface area contributed by atoms with Crippen LogP contribution >= 0.6 is 0 Å². The Labute approximate surface area is 130 Å². The molecule has 1 amide bonds. The molecule has 2 aliphatic heterocycles. The second-order valence-corrected chi connectivity index (χ2v) is 6.81. The van der Waals surface area contributed by atoms with Gasteiger partial charge in [-0.3, -0.25) is 4.79 Å². The first kappa shape index (κ1) is 16.6. The number of likely N-dealkylation sites (tertiary alicyclic amines) is 1. The Morgan fingerprint density at radius 1 is 1.45 bits per heavy atom. The fraction of sp³-hybridized carbons (Fsp3) is 0.800. The van der Waals surface area contributed by atoms with Crippen molar-refractivity contribution in [3.63, 3.8) is 0 Å². The lowest BCUT2D eigenvalue weighted by Gasteiger charge is -2.29. The van der Waals surface area contributed by atoms with Gasteiger partial charge < -0.3 is 9.64 Å². The van der Waals surface area contributed by atoms with Crippen molar-refractivity contribution in [1.29, 1.82) is 0 Å².